The summed E-state index contributed by atoms with van der Waals surface area (Å²) in [5.74, 6) is 11.9. The van der Waals surface area contributed by atoms with Gasteiger partial charge in [0.1, 0.15) is 46.3 Å². The Labute approximate surface area is 578 Å². The number of halogens is 1. The molecule has 0 aliphatic carbocycles. The lowest BCUT2D eigenvalue weighted by atomic mass is 9.98. The second-order valence-corrected chi connectivity index (χ2v) is 27.0. The summed E-state index contributed by atoms with van der Waals surface area (Å²) in [6.07, 6.45) is 33.8. The largest absolute Gasteiger partial charge is 0.492 e. The highest BCUT2D eigenvalue weighted by molar-refractivity contribution is 5.85. The van der Waals surface area contributed by atoms with E-state index in [4.69, 9.17) is 39.7 Å². The van der Waals surface area contributed by atoms with E-state index in [0.29, 0.717) is 36.2 Å². The van der Waals surface area contributed by atoms with Gasteiger partial charge >= 0.3 is 0 Å². The maximum Gasteiger partial charge on any atom is 0.266 e. The van der Waals surface area contributed by atoms with Crippen LogP contribution < -0.4 is 54.5 Å². The Kier molecular flexibility index (Phi) is 31.2. The summed E-state index contributed by atoms with van der Waals surface area (Å²) >= 11 is 0. The molecule has 4 N–H and O–H groups in total. The summed E-state index contributed by atoms with van der Waals surface area (Å²) in [5, 5.41) is 28.1. The van der Waals surface area contributed by atoms with E-state index >= 15 is 0 Å². The zero-order chi connectivity index (χ0) is 64.9. The average Bonchev–Trinajstić information content (AvgIpc) is 1.50. The molecule has 0 bridgehead atoms. The number of aromatic nitrogens is 6. The Balaban J connectivity index is 0.000000164. The number of hydrogen-bond acceptors (Lipinski definition) is 21. The lowest BCUT2D eigenvalue weighted by molar-refractivity contribution is 0.175. The summed E-state index contributed by atoms with van der Waals surface area (Å²) in [6, 6.07) is 16.5. The van der Waals surface area contributed by atoms with E-state index in [-0.39, 0.29) is 31.7 Å². The molecule has 8 saturated heterocycles. The second kappa shape index (κ2) is 40.3. The summed E-state index contributed by atoms with van der Waals surface area (Å²) in [6.45, 7) is 23.5. The van der Waals surface area contributed by atoms with Gasteiger partial charge in [0.15, 0.2) is 6.19 Å². The molecule has 5 aromatic rings. The highest BCUT2D eigenvalue weighted by Gasteiger charge is 2.26. The van der Waals surface area contributed by atoms with Gasteiger partial charge in [-0.3, -0.25) is 0 Å². The average molecular weight is 1350 g/mol. The van der Waals surface area contributed by atoms with Crippen molar-refractivity contribution in [2.45, 2.75) is 156 Å². The Morgan fingerprint density at radius 2 is 0.844 bits per heavy atom. The summed E-state index contributed by atoms with van der Waals surface area (Å²) in [4.78, 5) is 38.1. The first kappa shape index (κ1) is 74.3. The molecule has 8 aliphatic rings. The fourth-order valence-corrected chi connectivity index (χ4v) is 13.5. The molecule has 8 fully saturated rings. The van der Waals surface area contributed by atoms with Crippen molar-refractivity contribution in [3.05, 3.63) is 79.2 Å². The molecule has 23 nitrogen and oxygen atoms in total. The molecule has 0 spiro atoms. The highest BCUT2D eigenvalue weighted by Crippen LogP contribution is 2.29. The Bertz CT molecular complexity index is 2960. The number of nitriles is 1. The van der Waals surface area contributed by atoms with Crippen LogP contribution in [0.1, 0.15) is 161 Å². The van der Waals surface area contributed by atoms with E-state index < -0.39 is 0 Å². The third kappa shape index (κ3) is 23.7. The van der Waals surface area contributed by atoms with Gasteiger partial charge in [0.25, 0.3) is 5.95 Å². The lowest BCUT2D eigenvalue weighted by Gasteiger charge is -2.31. The van der Waals surface area contributed by atoms with E-state index in [1.54, 1.807) is 0 Å². The minimum atomic E-state index is 0. The first-order chi connectivity index (χ1) is 46.2. The molecular formula is C72H112ClN17O6. The predicted octanol–water partition coefficient (Wildman–Crippen LogP) is 11.9. The van der Waals surface area contributed by atoms with E-state index in [1.807, 2.05) is 46.7 Å². The summed E-state index contributed by atoms with van der Waals surface area (Å²) in [7, 11) is 0. The highest BCUT2D eigenvalue weighted by atomic mass is 35.5. The van der Waals surface area contributed by atoms with Crippen LogP contribution >= 0.6 is 12.4 Å². The number of pyridine rings is 4. The molecule has 528 valence electrons. The summed E-state index contributed by atoms with van der Waals surface area (Å²) < 4.78 is 29.0. The molecule has 96 heavy (non-hydrogen) atoms. The number of likely N-dealkylation sites (tertiary alicyclic amines) is 2. The molecular weight excluding hydrogens is 1230 g/mol. The molecule has 0 amide bonds. The van der Waals surface area contributed by atoms with E-state index in [1.165, 1.54) is 89.9 Å². The standard InChI is InChI=1S/C21H31N5O2.C17H27N5O2.C17H24N4O.C16H25N3O.CH4.ClH/c1-16(2)20-23-21(24-28-20)26-12-8-17(9-13-26)15-27-18-6-7-19(22-14-18)25-10-4-3-5-11-25;18-17(20-23)22-10-6-14(7-11-22)13-24-15-4-5-16(19-12-15)21-8-2-1-3-9-21;18-14-20-10-6-15(7-11-20)13-22-16-4-5-17(19-12-16)21-8-2-1-3-9-21;1-2-10-19(11-3-1)16-5-4-15(12-18-16)20-13-14-6-8-17-9-7-14;;/h6-7,14,16-17H,3-5,8-13,15H2,1-2H3;4-5,12,14,23H,1-3,6-11,13H2,(H2,18,20);4-5,12,15H,1-3,6-11,13H2;4-5,12,14,17H,1-3,6-11,13H2;1H4;1H. The van der Waals surface area contributed by atoms with Gasteiger partial charge in [-0.15, -0.1) is 12.4 Å². The number of nitrogens with one attached hydrogen (secondary N) is 1. The van der Waals surface area contributed by atoms with Crippen molar-refractivity contribution < 1.29 is 28.7 Å². The fourth-order valence-electron chi connectivity index (χ4n) is 13.5. The first-order valence-electron chi connectivity index (χ1n) is 35.7. The van der Waals surface area contributed by atoms with Gasteiger partial charge in [-0.2, -0.15) is 10.2 Å². The zero-order valence-corrected chi connectivity index (χ0v) is 57.6. The van der Waals surface area contributed by atoms with Gasteiger partial charge in [0.05, 0.1) is 51.2 Å². The third-order valence-corrected chi connectivity index (χ3v) is 19.6. The maximum absolute atomic E-state index is 8.85. The van der Waals surface area contributed by atoms with Crippen LogP contribution in [-0.2, 0) is 0 Å². The van der Waals surface area contributed by atoms with Crippen molar-refractivity contribution in [2.24, 2.45) is 34.6 Å². The smallest absolute Gasteiger partial charge is 0.266 e. The zero-order valence-electron chi connectivity index (χ0n) is 56.8. The topological polar surface area (TPSA) is 245 Å². The van der Waals surface area contributed by atoms with Crippen molar-refractivity contribution in [3.63, 3.8) is 0 Å². The molecule has 8 aliphatic heterocycles. The van der Waals surface area contributed by atoms with Crippen LogP contribution in [-0.4, -0.2) is 182 Å². The Hall–Kier alpha value is -7.45. The molecule has 0 radical (unpaired) electrons. The number of nitrogens with two attached hydrogens (primary N) is 1. The molecule has 5 aromatic heterocycles. The molecule has 0 atom stereocenters. The fraction of sp³-hybridized carbons (Fsp3) is 0.667. The Morgan fingerprint density at radius 3 is 1.15 bits per heavy atom. The number of guanidine groups is 1. The predicted molar refractivity (Wildman–Crippen MR) is 384 cm³/mol. The first-order valence-corrected chi connectivity index (χ1v) is 35.7. The van der Waals surface area contributed by atoms with Gasteiger partial charge in [-0.05, 0) is 219 Å². The number of nitrogens with zero attached hydrogens (tertiary/aromatic N) is 15. The van der Waals surface area contributed by atoms with Gasteiger partial charge in [-0.1, -0.05) is 26.4 Å². The van der Waals surface area contributed by atoms with Crippen LogP contribution in [0, 0.1) is 35.1 Å². The van der Waals surface area contributed by atoms with Crippen molar-refractivity contribution in [1.29, 1.82) is 5.26 Å². The molecule has 0 saturated carbocycles. The summed E-state index contributed by atoms with van der Waals surface area (Å²) in [5.41, 5.74) is 5.62. The minimum absolute atomic E-state index is 0. The molecule has 0 aromatic carbocycles. The quantitative estimate of drug-likeness (QED) is 0.0243. The van der Waals surface area contributed by atoms with Crippen LogP contribution in [0.2, 0.25) is 0 Å². The van der Waals surface area contributed by atoms with Crippen LogP contribution in [0.25, 0.3) is 0 Å². The number of hydrogen-bond donors (Lipinski definition) is 3. The van der Waals surface area contributed by atoms with Crippen LogP contribution in [0.15, 0.2) is 83.0 Å². The van der Waals surface area contributed by atoms with E-state index in [9.17, 15) is 0 Å². The molecule has 13 heterocycles. The number of anilines is 5. The van der Waals surface area contributed by atoms with Crippen LogP contribution in [0.3, 0.4) is 0 Å². The number of ether oxygens (including phenoxy) is 4. The van der Waals surface area contributed by atoms with Gasteiger partial charge < -0.3 is 74.0 Å². The van der Waals surface area contributed by atoms with Crippen molar-refractivity contribution in [1.82, 2.24) is 45.2 Å². The van der Waals surface area contributed by atoms with E-state index in [2.05, 4.69) is 121 Å². The van der Waals surface area contributed by atoms with Gasteiger partial charge in [-0.25, -0.2) is 19.9 Å². The van der Waals surface area contributed by atoms with Crippen LogP contribution in [0.4, 0.5) is 29.2 Å². The normalized spacial score (nSPS) is 19.4. The monoisotopic (exact) mass is 1350 g/mol. The molecule has 13 rings (SSSR count). The second-order valence-electron chi connectivity index (χ2n) is 27.0. The van der Waals surface area contributed by atoms with Crippen molar-refractivity contribution in [3.8, 4) is 29.2 Å². The van der Waals surface area contributed by atoms with Gasteiger partial charge in [0.2, 0.25) is 11.9 Å². The Morgan fingerprint density at radius 1 is 0.510 bits per heavy atom. The molecule has 0 unspecified atom stereocenters. The maximum atomic E-state index is 8.85. The number of oxime groups is 1. The number of piperidine rings is 8. The van der Waals surface area contributed by atoms with Crippen LogP contribution in [0.5, 0.6) is 23.0 Å². The third-order valence-electron chi connectivity index (χ3n) is 19.6. The van der Waals surface area contributed by atoms with E-state index in [0.717, 1.165) is 215 Å². The number of rotatable bonds is 18. The van der Waals surface area contributed by atoms with Crippen molar-refractivity contribution >= 4 is 47.6 Å². The minimum Gasteiger partial charge on any atom is -0.492 e. The lowest BCUT2D eigenvalue weighted by Crippen LogP contribution is -2.43. The van der Waals surface area contributed by atoms with Gasteiger partial charge in [0, 0.05) is 97.5 Å². The molecule has 24 heteroatoms. The van der Waals surface area contributed by atoms with Crippen molar-refractivity contribution in [2.75, 3.05) is 156 Å². The SMILES string of the molecule is C.CC(C)c1nc(N2CCC(COc3ccc(N4CCCCC4)nc3)CC2)no1.Cl.N#CN1CCC(COc2ccc(N3CCCCC3)nc2)CC1.N/C(=N\O)N1CCC(COc2ccc(N3CCCCC3)nc2)CC1.c1cc(N2CCCCC2)ncc1OCC1CCNCC1.